The minimum absolute atomic E-state index is 0.714. The van der Waals surface area contributed by atoms with Gasteiger partial charge in [-0.3, -0.25) is 8.22 Å². The van der Waals surface area contributed by atoms with Crippen molar-refractivity contribution in [3.05, 3.63) is 57.6 Å². The highest BCUT2D eigenvalue weighted by molar-refractivity contribution is 7.19. The zero-order valence-electron chi connectivity index (χ0n) is 22.0. The Morgan fingerprint density at radius 3 is 0.938 bits per heavy atom. The summed E-state index contributed by atoms with van der Waals surface area (Å²) in [7, 11) is -7.98. The van der Waals surface area contributed by atoms with E-state index in [4.69, 9.17) is 0 Å². The molecule has 0 spiro atoms. The molecule has 0 atom stereocenters. The molecule has 1 fully saturated rings. The van der Waals surface area contributed by atoms with Crippen LogP contribution in [0.5, 0.6) is 0 Å². The van der Waals surface area contributed by atoms with E-state index in [0.29, 0.717) is 0 Å². The summed E-state index contributed by atoms with van der Waals surface area (Å²) in [6.07, 6.45) is 0. The molecule has 3 rings (SSSR count). The monoisotopic (exact) mass is 474 g/mol. The van der Waals surface area contributed by atoms with Crippen LogP contribution in [0.25, 0.3) is 0 Å². The van der Waals surface area contributed by atoms with Gasteiger partial charge in [0.25, 0.3) is 0 Å². The van der Waals surface area contributed by atoms with Crippen molar-refractivity contribution in [2.45, 2.75) is 93.2 Å². The van der Waals surface area contributed by atoms with E-state index in [1.165, 1.54) is 0 Å². The molecule has 2 nitrogen and oxygen atoms in total. The minimum atomic E-state index is -3.99. The van der Waals surface area contributed by atoms with Gasteiger partial charge in [0.15, 0.2) is 0 Å². The minimum Gasteiger partial charge on any atom is -0.341 e. The molecule has 176 valence electrons. The summed E-state index contributed by atoms with van der Waals surface area (Å²) in [5, 5.41) is -1.43. The summed E-state index contributed by atoms with van der Waals surface area (Å²) in [5.41, 5.74) is 7.60. The maximum absolute atomic E-state index is 17.8. The summed E-state index contributed by atoms with van der Waals surface area (Å²) in [4.78, 5) is 0. The first-order valence-corrected chi connectivity index (χ1v) is 15.1. The van der Waals surface area contributed by atoms with Gasteiger partial charge in [-0.2, -0.15) is 0 Å². The fourth-order valence-corrected chi connectivity index (χ4v) is 18.9. The average molecular weight is 475 g/mol. The highest BCUT2D eigenvalue weighted by atomic mass is 28.5. The van der Waals surface area contributed by atoms with E-state index in [-0.39, 0.29) is 0 Å². The molecule has 1 heterocycles. The van der Waals surface area contributed by atoms with Crippen molar-refractivity contribution in [3.63, 3.8) is 0 Å². The molecule has 0 aromatic heterocycles. The lowest BCUT2D eigenvalue weighted by Crippen LogP contribution is -2.96. The number of rotatable bonds is 2. The summed E-state index contributed by atoms with van der Waals surface area (Å²) in [6, 6.07) is 8.23. The van der Waals surface area contributed by atoms with Crippen molar-refractivity contribution in [3.8, 4) is 0 Å². The number of hydrogen-bond acceptors (Lipinski definition) is 2. The lowest BCUT2D eigenvalue weighted by molar-refractivity contribution is 0.518. The molecule has 1 aliphatic heterocycles. The number of halogens is 2. The zero-order valence-corrected chi connectivity index (χ0v) is 24.0. The maximum Gasteiger partial charge on any atom is 0.456 e. The molecule has 0 unspecified atom stereocenters. The van der Waals surface area contributed by atoms with E-state index in [9.17, 15) is 0 Å². The van der Waals surface area contributed by atoms with Gasteiger partial charge in [0, 0.05) is 21.5 Å². The van der Waals surface area contributed by atoms with Crippen molar-refractivity contribution in [2.75, 3.05) is 8.46 Å². The Bertz CT molecular complexity index is 927. The van der Waals surface area contributed by atoms with Gasteiger partial charge in [-0.1, -0.05) is 76.9 Å². The normalized spacial score (nSPS) is 24.1. The molecule has 0 saturated carbocycles. The molecule has 1 aliphatic rings. The van der Waals surface area contributed by atoms with E-state index in [1.54, 1.807) is 8.46 Å². The SMILES string of the molecule is Cc1cc(C)c(N2[Si](F)(C(C)(C)C)N(c3c(C)cc(C)cc3C)[Si]2(F)C(C)(C)C)c(C)c1. The van der Waals surface area contributed by atoms with Crippen LogP contribution < -0.4 is 8.46 Å². The highest BCUT2D eigenvalue weighted by Gasteiger charge is 2.84. The Balaban J connectivity index is 2.44. The van der Waals surface area contributed by atoms with Crippen LogP contribution in [0.4, 0.5) is 19.6 Å². The Kier molecular flexibility index (Phi) is 5.79. The third-order valence-electron chi connectivity index (χ3n) is 6.81. The van der Waals surface area contributed by atoms with Gasteiger partial charge in [0.2, 0.25) is 0 Å². The van der Waals surface area contributed by atoms with E-state index < -0.39 is 27.5 Å². The molecular weight excluding hydrogens is 434 g/mol. The Morgan fingerprint density at radius 1 is 0.531 bits per heavy atom. The number of aryl methyl sites for hydroxylation is 6. The van der Waals surface area contributed by atoms with Crippen LogP contribution >= 0.6 is 0 Å². The van der Waals surface area contributed by atoms with Gasteiger partial charge < -0.3 is 8.46 Å². The predicted octanol–water partition coefficient (Wildman–Crippen LogP) is 8.28. The highest BCUT2D eigenvalue weighted by Crippen LogP contribution is 2.64. The number of benzene rings is 2. The van der Waals surface area contributed by atoms with Gasteiger partial charge >= 0.3 is 17.5 Å². The first-order valence-electron chi connectivity index (χ1n) is 11.5. The van der Waals surface area contributed by atoms with Crippen molar-refractivity contribution in [1.82, 2.24) is 0 Å². The maximum atomic E-state index is 17.8. The number of hydrogen-bond donors (Lipinski definition) is 0. The fraction of sp³-hybridized carbons (Fsp3) is 0.538. The van der Waals surface area contributed by atoms with Crippen LogP contribution in [-0.4, -0.2) is 17.5 Å². The molecular formula is C26H40F2N2Si2. The van der Waals surface area contributed by atoms with Gasteiger partial charge in [-0.15, -0.1) is 0 Å². The molecule has 6 heteroatoms. The summed E-state index contributed by atoms with van der Waals surface area (Å²) in [5.74, 6) is 0. The van der Waals surface area contributed by atoms with Crippen LogP contribution in [0.1, 0.15) is 74.9 Å². The third kappa shape index (κ3) is 3.28. The molecule has 2 aromatic rings. The second-order valence-corrected chi connectivity index (χ2v) is 19.9. The Labute approximate surface area is 196 Å². The largest absolute Gasteiger partial charge is 0.456 e. The van der Waals surface area contributed by atoms with E-state index >= 15 is 8.22 Å². The molecule has 0 amide bonds. The van der Waals surface area contributed by atoms with Crippen LogP contribution in [0.2, 0.25) is 10.1 Å². The summed E-state index contributed by atoms with van der Waals surface area (Å²) >= 11 is 0. The van der Waals surface area contributed by atoms with Crippen LogP contribution in [0, 0.1) is 41.5 Å². The predicted molar refractivity (Wildman–Crippen MR) is 139 cm³/mol. The third-order valence-corrected chi connectivity index (χ3v) is 17.4. The van der Waals surface area contributed by atoms with Crippen molar-refractivity contribution < 1.29 is 8.22 Å². The standard InChI is InChI=1S/C26H40F2N2Si2/c1-17-13-19(3)23(20(4)14-17)29-31(27,25(7,8)9)30(32(29,28)26(10,11)12)24-21(5)15-18(2)16-22(24)6/h13-16H,1-12H3. The number of nitrogens with zero attached hydrogens (tertiary/aromatic N) is 2. The average Bonchev–Trinajstić information content (AvgIpc) is 2.58. The second-order valence-electron chi connectivity index (χ2n) is 11.8. The smallest absolute Gasteiger partial charge is 0.341 e. The van der Waals surface area contributed by atoms with Crippen LogP contribution in [-0.2, 0) is 0 Å². The topological polar surface area (TPSA) is 6.48 Å². The van der Waals surface area contributed by atoms with E-state index in [2.05, 4.69) is 24.3 Å². The fourth-order valence-electron chi connectivity index (χ4n) is 5.53. The van der Waals surface area contributed by atoms with Crippen LogP contribution in [0.3, 0.4) is 0 Å². The Morgan fingerprint density at radius 2 is 0.750 bits per heavy atom. The lowest BCUT2D eigenvalue weighted by atomic mass is 10.1. The molecule has 0 N–H and O–H groups in total. The van der Waals surface area contributed by atoms with Gasteiger partial charge in [-0.05, 0) is 63.8 Å². The van der Waals surface area contributed by atoms with Gasteiger partial charge in [0.1, 0.15) is 0 Å². The molecule has 1 saturated heterocycles. The quantitative estimate of drug-likeness (QED) is 0.319. The Hall–Kier alpha value is -1.67. The summed E-state index contributed by atoms with van der Waals surface area (Å²) < 4.78 is 39.1. The molecule has 0 radical (unpaired) electrons. The van der Waals surface area contributed by atoms with Gasteiger partial charge in [0.05, 0.1) is 0 Å². The van der Waals surface area contributed by atoms with Crippen molar-refractivity contribution in [1.29, 1.82) is 0 Å². The second kappa shape index (κ2) is 7.42. The summed E-state index contributed by atoms with van der Waals surface area (Å²) in [6.45, 7) is 23.7. The van der Waals surface area contributed by atoms with E-state index in [1.807, 2.05) is 83.1 Å². The molecule has 0 bridgehead atoms. The van der Waals surface area contributed by atoms with Gasteiger partial charge in [-0.25, -0.2) is 0 Å². The number of anilines is 2. The van der Waals surface area contributed by atoms with E-state index in [0.717, 1.165) is 44.8 Å². The van der Waals surface area contributed by atoms with Crippen LogP contribution in [0.15, 0.2) is 24.3 Å². The first kappa shape index (κ1) is 25.0. The first-order chi connectivity index (χ1) is 14.4. The lowest BCUT2D eigenvalue weighted by Gasteiger charge is -2.70. The van der Waals surface area contributed by atoms with Crippen molar-refractivity contribution in [2.24, 2.45) is 0 Å². The molecule has 0 aliphatic carbocycles. The zero-order chi connectivity index (χ0) is 24.6. The van der Waals surface area contributed by atoms with Crippen molar-refractivity contribution >= 4 is 28.8 Å². The molecule has 2 aromatic carbocycles. The molecule has 32 heavy (non-hydrogen) atoms.